The SMILES string of the molecule is CCS(=O)(=O)NCc1ccc(OC2CCCC2)c(OC)c1. The number of benzene rings is 1. The number of nitrogens with one attached hydrogen (secondary N) is 1. The number of hydrogen-bond donors (Lipinski definition) is 1. The molecule has 0 heterocycles. The van der Waals surface area contributed by atoms with E-state index in [1.165, 1.54) is 12.8 Å². The Hall–Kier alpha value is -1.27. The van der Waals surface area contributed by atoms with Crippen LogP contribution in [0.4, 0.5) is 0 Å². The second kappa shape index (κ2) is 7.13. The molecule has 0 aromatic heterocycles. The third kappa shape index (κ3) is 4.61. The normalized spacial score (nSPS) is 16.1. The molecular formula is C15H23NO4S. The maximum absolute atomic E-state index is 11.5. The summed E-state index contributed by atoms with van der Waals surface area (Å²) in [4.78, 5) is 0. The fraction of sp³-hybridized carbons (Fsp3) is 0.600. The molecule has 0 aliphatic heterocycles. The summed E-state index contributed by atoms with van der Waals surface area (Å²) < 4.78 is 36.8. The molecule has 1 aliphatic carbocycles. The van der Waals surface area contributed by atoms with Crippen molar-refractivity contribution in [2.45, 2.75) is 45.3 Å². The van der Waals surface area contributed by atoms with Gasteiger partial charge in [-0.25, -0.2) is 13.1 Å². The van der Waals surface area contributed by atoms with Gasteiger partial charge in [0.25, 0.3) is 0 Å². The predicted molar refractivity (Wildman–Crippen MR) is 82.2 cm³/mol. The van der Waals surface area contributed by atoms with Crippen LogP contribution < -0.4 is 14.2 Å². The lowest BCUT2D eigenvalue weighted by molar-refractivity contribution is 0.200. The molecule has 0 bridgehead atoms. The van der Waals surface area contributed by atoms with Crippen LogP contribution in [0.3, 0.4) is 0 Å². The van der Waals surface area contributed by atoms with Gasteiger partial charge in [-0.1, -0.05) is 6.07 Å². The van der Waals surface area contributed by atoms with Crippen LogP contribution in [-0.4, -0.2) is 27.4 Å². The summed E-state index contributed by atoms with van der Waals surface area (Å²) in [6.07, 6.45) is 4.86. The average Bonchev–Trinajstić information content (AvgIpc) is 2.99. The van der Waals surface area contributed by atoms with Gasteiger partial charge in [0.05, 0.1) is 19.0 Å². The molecule has 0 saturated heterocycles. The molecule has 0 amide bonds. The Morgan fingerprint density at radius 3 is 2.57 bits per heavy atom. The molecule has 1 aromatic rings. The molecule has 6 heteroatoms. The molecule has 1 aromatic carbocycles. The number of rotatable bonds is 7. The summed E-state index contributed by atoms with van der Waals surface area (Å²) in [5, 5.41) is 0. The Balaban J connectivity index is 2.04. The third-order valence-corrected chi connectivity index (χ3v) is 5.04. The van der Waals surface area contributed by atoms with Gasteiger partial charge in [0.2, 0.25) is 10.0 Å². The van der Waals surface area contributed by atoms with Crippen molar-refractivity contribution in [2.75, 3.05) is 12.9 Å². The van der Waals surface area contributed by atoms with Gasteiger partial charge >= 0.3 is 0 Å². The minimum atomic E-state index is -3.19. The predicted octanol–water partition coefficient (Wildman–Crippen LogP) is 2.46. The van der Waals surface area contributed by atoms with E-state index < -0.39 is 10.0 Å². The molecule has 0 spiro atoms. The standard InChI is InChI=1S/C15H23NO4S/c1-3-21(17,18)16-11-12-8-9-14(15(10-12)19-2)20-13-6-4-5-7-13/h8-10,13,16H,3-7,11H2,1-2H3. The van der Waals surface area contributed by atoms with E-state index in [9.17, 15) is 8.42 Å². The summed E-state index contributed by atoms with van der Waals surface area (Å²) in [6.45, 7) is 1.87. The van der Waals surface area contributed by atoms with Crippen LogP contribution in [0.1, 0.15) is 38.2 Å². The molecule has 5 nitrogen and oxygen atoms in total. The van der Waals surface area contributed by atoms with Gasteiger partial charge in [-0.3, -0.25) is 0 Å². The van der Waals surface area contributed by atoms with E-state index in [1.54, 1.807) is 14.0 Å². The molecule has 2 rings (SSSR count). The van der Waals surface area contributed by atoms with Crippen LogP contribution in [0.25, 0.3) is 0 Å². The maximum Gasteiger partial charge on any atom is 0.211 e. The molecule has 1 aliphatic rings. The zero-order chi connectivity index (χ0) is 15.3. The highest BCUT2D eigenvalue weighted by molar-refractivity contribution is 7.89. The highest BCUT2D eigenvalue weighted by Gasteiger charge is 2.18. The summed E-state index contributed by atoms with van der Waals surface area (Å²) in [5.41, 5.74) is 0.850. The second-order valence-corrected chi connectivity index (χ2v) is 7.33. The van der Waals surface area contributed by atoms with Crippen LogP contribution in [0.15, 0.2) is 18.2 Å². The van der Waals surface area contributed by atoms with E-state index in [0.29, 0.717) is 5.75 Å². The average molecular weight is 313 g/mol. The number of methoxy groups -OCH3 is 1. The minimum absolute atomic E-state index is 0.0764. The van der Waals surface area contributed by atoms with Crippen molar-refractivity contribution >= 4 is 10.0 Å². The van der Waals surface area contributed by atoms with E-state index >= 15 is 0 Å². The number of ether oxygens (including phenoxy) is 2. The topological polar surface area (TPSA) is 64.6 Å². The van der Waals surface area contributed by atoms with E-state index in [4.69, 9.17) is 9.47 Å². The highest BCUT2D eigenvalue weighted by Crippen LogP contribution is 2.32. The van der Waals surface area contributed by atoms with Crippen molar-refractivity contribution < 1.29 is 17.9 Å². The van der Waals surface area contributed by atoms with Crippen LogP contribution in [0, 0.1) is 0 Å². The lowest BCUT2D eigenvalue weighted by atomic mass is 10.2. The van der Waals surface area contributed by atoms with Crippen molar-refractivity contribution in [2.24, 2.45) is 0 Å². The van der Waals surface area contributed by atoms with Gasteiger partial charge in [-0.05, 0) is 50.3 Å². The fourth-order valence-electron chi connectivity index (χ4n) is 2.40. The lowest BCUT2D eigenvalue weighted by Gasteiger charge is -2.16. The van der Waals surface area contributed by atoms with Crippen LogP contribution >= 0.6 is 0 Å². The van der Waals surface area contributed by atoms with Crippen molar-refractivity contribution in [3.63, 3.8) is 0 Å². The number of sulfonamides is 1. The lowest BCUT2D eigenvalue weighted by Crippen LogP contribution is -2.24. The molecule has 0 atom stereocenters. The Kier molecular flexibility index (Phi) is 5.47. The van der Waals surface area contributed by atoms with Gasteiger partial charge in [0.1, 0.15) is 0 Å². The smallest absolute Gasteiger partial charge is 0.211 e. The Bertz CT molecular complexity index is 565. The highest BCUT2D eigenvalue weighted by atomic mass is 32.2. The minimum Gasteiger partial charge on any atom is -0.493 e. The zero-order valence-electron chi connectivity index (χ0n) is 12.6. The van der Waals surface area contributed by atoms with Gasteiger partial charge in [0, 0.05) is 6.54 Å². The molecule has 1 N–H and O–H groups in total. The Morgan fingerprint density at radius 2 is 1.95 bits per heavy atom. The first-order valence-electron chi connectivity index (χ1n) is 7.35. The Morgan fingerprint density at radius 1 is 1.24 bits per heavy atom. The first kappa shape index (κ1) is 16.1. The monoisotopic (exact) mass is 313 g/mol. The molecule has 0 unspecified atom stereocenters. The second-order valence-electron chi connectivity index (χ2n) is 5.23. The van der Waals surface area contributed by atoms with Crippen molar-refractivity contribution in [1.82, 2.24) is 4.72 Å². The van der Waals surface area contributed by atoms with E-state index in [-0.39, 0.29) is 18.4 Å². The largest absolute Gasteiger partial charge is 0.493 e. The van der Waals surface area contributed by atoms with E-state index in [2.05, 4.69) is 4.72 Å². The number of hydrogen-bond acceptors (Lipinski definition) is 4. The van der Waals surface area contributed by atoms with Gasteiger partial charge in [-0.15, -0.1) is 0 Å². The quantitative estimate of drug-likeness (QED) is 0.840. The molecule has 118 valence electrons. The first-order chi connectivity index (χ1) is 10.0. The van der Waals surface area contributed by atoms with Crippen LogP contribution in [-0.2, 0) is 16.6 Å². The van der Waals surface area contributed by atoms with E-state index in [1.807, 2.05) is 18.2 Å². The Labute approximate surface area is 126 Å². The maximum atomic E-state index is 11.5. The van der Waals surface area contributed by atoms with Gasteiger partial charge in [0.15, 0.2) is 11.5 Å². The molecular weight excluding hydrogens is 290 g/mol. The summed E-state index contributed by atoms with van der Waals surface area (Å²) in [6, 6.07) is 5.54. The summed E-state index contributed by atoms with van der Waals surface area (Å²) >= 11 is 0. The van der Waals surface area contributed by atoms with Crippen LogP contribution in [0.5, 0.6) is 11.5 Å². The van der Waals surface area contributed by atoms with Crippen molar-refractivity contribution in [3.8, 4) is 11.5 Å². The molecule has 1 saturated carbocycles. The molecule has 21 heavy (non-hydrogen) atoms. The van der Waals surface area contributed by atoms with E-state index in [0.717, 1.165) is 24.2 Å². The third-order valence-electron chi connectivity index (χ3n) is 3.70. The van der Waals surface area contributed by atoms with Crippen molar-refractivity contribution in [1.29, 1.82) is 0 Å². The fourth-order valence-corrected chi connectivity index (χ4v) is 2.99. The first-order valence-corrected chi connectivity index (χ1v) is 9.00. The summed E-state index contributed by atoms with van der Waals surface area (Å²) in [5.74, 6) is 1.45. The van der Waals surface area contributed by atoms with Crippen molar-refractivity contribution in [3.05, 3.63) is 23.8 Å². The summed E-state index contributed by atoms with van der Waals surface area (Å²) in [7, 11) is -1.59. The van der Waals surface area contributed by atoms with Gasteiger partial charge in [-0.2, -0.15) is 0 Å². The van der Waals surface area contributed by atoms with Crippen LogP contribution in [0.2, 0.25) is 0 Å². The zero-order valence-corrected chi connectivity index (χ0v) is 13.4. The molecule has 1 fully saturated rings. The van der Waals surface area contributed by atoms with Gasteiger partial charge < -0.3 is 9.47 Å². The molecule has 0 radical (unpaired) electrons.